The maximum Gasteiger partial charge on any atom is 0.411 e. The van der Waals surface area contributed by atoms with Crippen LogP contribution in [0.3, 0.4) is 0 Å². The maximum atomic E-state index is 14.9. The quantitative estimate of drug-likeness (QED) is 0.721. The molecule has 0 aliphatic carbocycles. The second-order valence-electron chi connectivity index (χ2n) is 9.88. The minimum atomic E-state index is -0.617. The Morgan fingerprint density at radius 1 is 1.15 bits per heavy atom. The van der Waals surface area contributed by atoms with Gasteiger partial charge in [0.05, 0.1) is 30.5 Å². The largest absolute Gasteiger partial charge is 0.447 e. The summed E-state index contributed by atoms with van der Waals surface area (Å²) in [6, 6.07) is 5.01. The molecule has 0 aromatic heterocycles. The third kappa shape index (κ3) is 4.74. The van der Waals surface area contributed by atoms with Crippen LogP contribution in [-0.2, 0) is 14.2 Å². The number of rotatable bonds is 4. The molecule has 5 aliphatic rings. The number of piperidine rings is 3. The molecule has 1 aromatic rings. The lowest BCUT2D eigenvalue weighted by Crippen LogP contribution is -2.64. The number of carbonyl (C=O) groups is 2. The van der Waals surface area contributed by atoms with Crippen molar-refractivity contribution < 1.29 is 28.2 Å². The average molecular weight is 462 g/mol. The molecule has 1 N–H and O–H groups in total. The molecular weight excluding hydrogens is 429 g/mol. The fraction of sp³-hybridized carbons (Fsp3) is 0.667. The lowest BCUT2D eigenvalue weighted by molar-refractivity contribution is -0.174. The van der Waals surface area contributed by atoms with Gasteiger partial charge in [0.15, 0.2) is 0 Å². The number of ether oxygens (including phenoxy) is 3. The fourth-order valence-electron chi connectivity index (χ4n) is 5.80. The van der Waals surface area contributed by atoms with Crippen molar-refractivity contribution in [1.82, 2.24) is 4.90 Å². The lowest BCUT2D eigenvalue weighted by Gasteiger charge is -2.55. The zero-order chi connectivity index (χ0) is 23.1. The van der Waals surface area contributed by atoms with Crippen LogP contribution in [0.5, 0.6) is 0 Å². The molecule has 2 amide bonds. The average Bonchev–Trinajstić information content (AvgIpc) is 2.72. The molecule has 33 heavy (non-hydrogen) atoms. The molecule has 4 bridgehead atoms. The van der Waals surface area contributed by atoms with Crippen LogP contribution in [0.1, 0.15) is 52.4 Å². The van der Waals surface area contributed by atoms with E-state index in [-0.39, 0.29) is 42.6 Å². The molecular formula is C24H32FN3O5. The molecule has 5 aliphatic heterocycles. The van der Waals surface area contributed by atoms with Crippen molar-refractivity contribution in [2.24, 2.45) is 0 Å². The molecule has 1 atom stereocenters. The van der Waals surface area contributed by atoms with Crippen LogP contribution >= 0.6 is 0 Å². The zero-order valence-electron chi connectivity index (χ0n) is 19.2. The van der Waals surface area contributed by atoms with E-state index < -0.39 is 11.9 Å². The monoisotopic (exact) mass is 461 g/mol. The van der Waals surface area contributed by atoms with Crippen LogP contribution in [0.2, 0.25) is 0 Å². The predicted octanol–water partition coefficient (Wildman–Crippen LogP) is 4.28. The first-order valence-electron chi connectivity index (χ1n) is 12.0. The van der Waals surface area contributed by atoms with Crippen molar-refractivity contribution in [3.05, 3.63) is 24.0 Å². The van der Waals surface area contributed by atoms with E-state index in [2.05, 4.69) is 5.32 Å². The Balaban J connectivity index is 1.19. The summed E-state index contributed by atoms with van der Waals surface area (Å²) in [5.74, 6) is -0.436. The summed E-state index contributed by atoms with van der Waals surface area (Å²) in [5.41, 5.74) is 0.770. The van der Waals surface area contributed by atoms with E-state index in [1.165, 1.54) is 6.07 Å². The van der Waals surface area contributed by atoms with Crippen molar-refractivity contribution in [3.63, 3.8) is 0 Å². The van der Waals surface area contributed by atoms with Gasteiger partial charge < -0.3 is 24.0 Å². The van der Waals surface area contributed by atoms with Gasteiger partial charge in [-0.15, -0.1) is 0 Å². The number of carbonyl (C=O) groups excluding carboxylic acids is 2. The summed E-state index contributed by atoms with van der Waals surface area (Å²) < 4.78 is 31.8. The first-order valence-corrected chi connectivity index (χ1v) is 12.0. The van der Waals surface area contributed by atoms with Crippen LogP contribution in [0.4, 0.5) is 25.4 Å². The van der Waals surface area contributed by atoms with E-state index >= 15 is 0 Å². The first-order chi connectivity index (χ1) is 15.9. The number of anilines is 2. The summed E-state index contributed by atoms with van der Waals surface area (Å²) in [5, 5.41) is 2.54. The van der Waals surface area contributed by atoms with Crippen LogP contribution in [0.15, 0.2) is 18.2 Å². The Morgan fingerprint density at radius 2 is 1.85 bits per heavy atom. The SMILES string of the molecule is CC(C)OC(=O)Nc1ccc(N2CCCC(OC(=O)N3C4CC5CC3CC(C4)O5)C2)c(F)c1. The fourth-order valence-corrected chi connectivity index (χ4v) is 5.80. The molecule has 180 valence electrons. The van der Waals surface area contributed by atoms with E-state index in [1.807, 2.05) is 9.80 Å². The highest BCUT2D eigenvalue weighted by molar-refractivity contribution is 5.85. The molecule has 5 fully saturated rings. The minimum absolute atomic E-state index is 0.216. The highest BCUT2D eigenvalue weighted by Crippen LogP contribution is 2.43. The number of nitrogens with zero attached hydrogens (tertiary/aromatic N) is 2. The van der Waals surface area contributed by atoms with Crippen molar-refractivity contribution in [2.45, 2.75) is 88.9 Å². The molecule has 0 radical (unpaired) electrons. The van der Waals surface area contributed by atoms with Crippen molar-refractivity contribution >= 4 is 23.6 Å². The molecule has 9 heteroatoms. The summed E-state index contributed by atoms with van der Waals surface area (Å²) >= 11 is 0. The van der Waals surface area contributed by atoms with Crippen molar-refractivity contribution in [3.8, 4) is 0 Å². The highest BCUT2D eigenvalue weighted by Gasteiger charge is 2.50. The van der Waals surface area contributed by atoms with Gasteiger partial charge in [0.1, 0.15) is 11.9 Å². The second kappa shape index (κ2) is 9.00. The second-order valence-corrected chi connectivity index (χ2v) is 9.88. The summed E-state index contributed by atoms with van der Waals surface area (Å²) in [4.78, 5) is 28.7. The van der Waals surface area contributed by atoms with Gasteiger partial charge in [-0.2, -0.15) is 0 Å². The summed E-state index contributed by atoms with van der Waals surface area (Å²) in [6.07, 6.45) is 4.35. The van der Waals surface area contributed by atoms with Gasteiger partial charge >= 0.3 is 12.2 Å². The van der Waals surface area contributed by atoms with Crippen molar-refractivity contribution in [2.75, 3.05) is 23.3 Å². The molecule has 1 unspecified atom stereocenters. The van der Waals surface area contributed by atoms with Crippen LogP contribution in [-0.4, -0.2) is 66.7 Å². The predicted molar refractivity (Wildman–Crippen MR) is 120 cm³/mol. The Hall–Kier alpha value is -2.55. The van der Waals surface area contributed by atoms with E-state index in [0.717, 1.165) is 38.5 Å². The number of amides is 2. The van der Waals surface area contributed by atoms with Crippen LogP contribution < -0.4 is 10.2 Å². The van der Waals surface area contributed by atoms with Gasteiger partial charge in [-0.3, -0.25) is 5.32 Å². The lowest BCUT2D eigenvalue weighted by atomic mass is 9.78. The summed E-state index contributed by atoms with van der Waals surface area (Å²) in [7, 11) is 0. The molecule has 5 saturated heterocycles. The zero-order valence-corrected chi connectivity index (χ0v) is 19.2. The van der Waals surface area contributed by atoms with Crippen molar-refractivity contribution in [1.29, 1.82) is 0 Å². The normalized spacial score (nSPS) is 30.5. The number of benzene rings is 1. The van der Waals surface area contributed by atoms with Gasteiger partial charge in [0.25, 0.3) is 0 Å². The van der Waals surface area contributed by atoms with Gasteiger partial charge in [-0.1, -0.05) is 0 Å². The Bertz CT molecular complexity index is 882. The Morgan fingerprint density at radius 3 is 2.48 bits per heavy atom. The van der Waals surface area contributed by atoms with Gasteiger partial charge in [-0.05, 0) is 70.6 Å². The molecule has 8 nitrogen and oxygen atoms in total. The van der Waals surface area contributed by atoms with Crippen LogP contribution in [0, 0.1) is 5.82 Å². The number of hydrogen-bond acceptors (Lipinski definition) is 6. The molecule has 1 aromatic carbocycles. The van der Waals surface area contributed by atoms with Gasteiger partial charge in [-0.25, -0.2) is 14.0 Å². The molecule has 5 heterocycles. The Labute approximate surface area is 193 Å². The number of hydrogen-bond donors (Lipinski definition) is 1. The molecule has 0 saturated carbocycles. The van der Waals surface area contributed by atoms with E-state index in [4.69, 9.17) is 14.2 Å². The Kier molecular flexibility index (Phi) is 6.07. The molecule has 6 rings (SSSR count). The number of halogens is 1. The maximum absolute atomic E-state index is 14.9. The van der Waals surface area contributed by atoms with Crippen LogP contribution in [0.25, 0.3) is 0 Å². The topological polar surface area (TPSA) is 80.3 Å². The molecule has 0 spiro atoms. The number of nitrogens with one attached hydrogen (secondary N) is 1. The minimum Gasteiger partial charge on any atom is -0.447 e. The third-order valence-corrected chi connectivity index (χ3v) is 7.05. The smallest absolute Gasteiger partial charge is 0.411 e. The first kappa shape index (κ1) is 22.3. The highest BCUT2D eigenvalue weighted by atomic mass is 19.1. The summed E-state index contributed by atoms with van der Waals surface area (Å²) in [6.45, 7) is 4.62. The van der Waals surface area contributed by atoms with Gasteiger partial charge in [0, 0.05) is 24.3 Å². The van der Waals surface area contributed by atoms with E-state index in [1.54, 1.807) is 26.0 Å². The van der Waals surface area contributed by atoms with E-state index in [9.17, 15) is 14.0 Å². The third-order valence-electron chi connectivity index (χ3n) is 7.05. The van der Waals surface area contributed by atoms with Gasteiger partial charge in [0.2, 0.25) is 0 Å². The van der Waals surface area contributed by atoms with E-state index in [0.29, 0.717) is 24.5 Å². The standard InChI is InChI=1S/C24H32FN3O5/c1-14(2)31-23(29)26-15-5-6-22(21(25)8-15)27-7-3-4-18(13-27)33-24(30)28-16-9-19-11-17(28)12-20(10-16)32-19/h5-6,8,14,16-20H,3-4,7,9-13H2,1-2H3,(H,26,29).